The van der Waals surface area contributed by atoms with Crippen LogP contribution in [0.4, 0.5) is 0 Å². The van der Waals surface area contributed by atoms with Crippen LogP contribution in [0.25, 0.3) is 0 Å². The molecule has 7 nitrogen and oxygen atoms in total. The van der Waals surface area contributed by atoms with Crippen molar-refractivity contribution in [2.75, 3.05) is 40.2 Å². The van der Waals surface area contributed by atoms with E-state index in [1.807, 2.05) is 12.1 Å². The van der Waals surface area contributed by atoms with Crippen molar-refractivity contribution in [2.24, 2.45) is 11.1 Å². The Morgan fingerprint density at radius 2 is 2.07 bits per heavy atom. The van der Waals surface area contributed by atoms with E-state index in [0.29, 0.717) is 17.4 Å². The van der Waals surface area contributed by atoms with Gasteiger partial charge in [0.25, 0.3) is 0 Å². The van der Waals surface area contributed by atoms with Gasteiger partial charge in [0.2, 0.25) is 12.5 Å². The SMILES string of the molecule is COc1cc(CC2CC(CNCC3CCOCC3)=NO2)cc2c1OCO2.Cl. The van der Waals surface area contributed by atoms with Gasteiger partial charge in [-0.3, -0.25) is 0 Å². The number of methoxy groups -OCH3 is 1. The highest BCUT2D eigenvalue weighted by Gasteiger charge is 2.25. The highest BCUT2D eigenvalue weighted by atomic mass is 35.5. The smallest absolute Gasteiger partial charge is 0.231 e. The van der Waals surface area contributed by atoms with Crippen molar-refractivity contribution in [3.05, 3.63) is 17.7 Å². The van der Waals surface area contributed by atoms with E-state index in [-0.39, 0.29) is 25.3 Å². The van der Waals surface area contributed by atoms with Crippen LogP contribution in [0, 0.1) is 5.92 Å². The molecule has 0 bridgehead atoms. The van der Waals surface area contributed by atoms with Gasteiger partial charge in [0.1, 0.15) is 6.10 Å². The van der Waals surface area contributed by atoms with E-state index in [1.54, 1.807) is 7.11 Å². The van der Waals surface area contributed by atoms with Crippen molar-refractivity contribution in [1.82, 2.24) is 5.32 Å². The molecule has 4 rings (SSSR count). The Labute approximate surface area is 165 Å². The Kier molecular flexibility index (Phi) is 7.04. The van der Waals surface area contributed by atoms with Gasteiger partial charge in [0.05, 0.1) is 12.8 Å². The van der Waals surface area contributed by atoms with E-state index < -0.39 is 0 Å². The Bertz CT molecular complexity index is 664. The van der Waals surface area contributed by atoms with Gasteiger partial charge in [0.15, 0.2) is 11.5 Å². The first-order valence-corrected chi connectivity index (χ1v) is 9.28. The maximum Gasteiger partial charge on any atom is 0.231 e. The summed E-state index contributed by atoms with van der Waals surface area (Å²) >= 11 is 0. The molecular weight excluding hydrogens is 372 g/mol. The lowest BCUT2D eigenvalue weighted by Gasteiger charge is -2.22. The molecule has 0 spiro atoms. The van der Waals surface area contributed by atoms with Crippen molar-refractivity contribution in [3.63, 3.8) is 0 Å². The first-order chi connectivity index (χ1) is 12.8. The van der Waals surface area contributed by atoms with Crippen molar-refractivity contribution in [1.29, 1.82) is 0 Å². The first kappa shape index (κ1) is 20.0. The molecule has 1 atom stereocenters. The molecule has 1 unspecified atom stereocenters. The molecule has 3 heterocycles. The lowest BCUT2D eigenvalue weighted by Crippen LogP contribution is -2.31. The van der Waals surface area contributed by atoms with Gasteiger partial charge >= 0.3 is 0 Å². The zero-order valence-corrected chi connectivity index (χ0v) is 16.4. The van der Waals surface area contributed by atoms with Crippen LogP contribution in [-0.2, 0) is 16.0 Å². The second kappa shape index (κ2) is 9.48. The quantitative estimate of drug-likeness (QED) is 0.761. The Morgan fingerprint density at radius 1 is 1.22 bits per heavy atom. The van der Waals surface area contributed by atoms with Crippen molar-refractivity contribution < 1.29 is 23.8 Å². The van der Waals surface area contributed by atoms with Crippen LogP contribution in [-0.4, -0.2) is 52.0 Å². The average Bonchev–Trinajstić information content (AvgIpc) is 3.31. The number of benzene rings is 1. The van der Waals surface area contributed by atoms with Gasteiger partial charge < -0.3 is 29.1 Å². The topological polar surface area (TPSA) is 70.5 Å². The minimum Gasteiger partial charge on any atom is -0.493 e. The molecule has 0 saturated carbocycles. The molecule has 1 aromatic rings. The Morgan fingerprint density at radius 3 is 2.89 bits per heavy atom. The molecule has 0 aromatic heterocycles. The third-order valence-corrected chi connectivity index (χ3v) is 5.08. The van der Waals surface area contributed by atoms with E-state index in [2.05, 4.69) is 10.5 Å². The maximum absolute atomic E-state index is 5.62. The molecule has 1 saturated heterocycles. The summed E-state index contributed by atoms with van der Waals surface area (Å²) < 4.78 is 21.7. The number of oxime groups is 1. The first-order valence-electron chi connectivity index (χ1n) is 9.28. The number of halogens is 1. The van der Waals surface area contributed by atoms with Crippen LogP contribution in [0.15, 0.2) is 17.3 Å². The number of rotatable bonds is 7. The minimum absolute atomic E-state index is 0. The number of nitrogens with zero attached hydrogens (tertiary/aromatic N) is 1. The predicted molar refractivity (Wildman–Crippen MR) is 103 cm³/mol. The largest absolute Gasteiger partial charge is 0.493 e. The molecular formula is C19H27ClN2O5. The second-order valence-electron chi connectivity index (χ2n) is 7.01. The zero-order valence-electron chi connectivity index (χ0n) is 15.6. The van der Waals surface area contributed by atoms with E-state index in [4.69, 9.17) is 23.8 Å². The molecule has 0 aliphatic carbocycles. The van der Waals surface area contributed by atoms with Crippen molar-refractivity contribution in [3.8, 4) is 17.2 Å². The standard InChI is InChI=1S/C19H26N2O5.ClH/c1-22-17-7-14(8-18-19(17)25-12-24-18)6-16-9-15(21-26-16)11-20-10-13-2-4-23-5-3-13;/h7-8,13,16,20H,2-6,9-12H2,1H3;1H. The molecule has 150 valence electrons. The summed E-state index contributed by atoms with van der Waals surface area (Å²) in [7, 11) is 1.64. The lowest BCUT2D eigenvalue weighted by atomic mass is 10.00. The number of fused-ring (bicyclic) bond motifs is 1. The van der Waals surface area contributed by atoms with Gasteiger partial charge in [-0.2, -0.15) is 0 Å². The molecule has 3 aliphatic rings. The summed E-state index contributed by atoms with van der Waals surface area (Å²) in [6, 6.07) is 3.98. The van der Waals surface area contributed by atoms with Crippen molar-refractivity contribution in [2.45, 2.75) is 31.8 Å². The Hall–Kier alpha value is -1.70. The summed E-state index contributed by atoms with van der Waals surface area (Å²) in [5, 5.41) is 7.76. The van der Waals surface area contributed by atoms with Gasteiger partial charge in [-0.05, 0) is 43.0 Å². The minimum atomic E-state index is 0. The maximum atomic E-state index is 5.62. The number of nitrogens with one attached hydrogen (secondary N) is 1. The second-order valence-corrected chi connectivity index (χ2v) is 7.01. The zero-order chi connectivity index (χ0) is 17.8. The fourth-order valence-electron chi connectivity index (χ4n) is 3.64. The fraction of sp³-hybridized carbons (Fsp3) is 0.632. The van der Waals surface area contributed by atoms with E-state index in [0.717, 1.165) is 69.0 Å². The average molecular weight is 399 g/mol. The number of hydrogen-bond donors (Lipinski definition) is 1. The van der Waals surface area contributed by atoms with Gasteiger partial charge in [-0.15, -0.1) is 12.4 Å². The lowest BCUT2D eigenvalue weighted by molar-refractivity contribution is 0.0667. The van der Waals surface area contributed by atoms with E-state index in [1.165, 1.54) is 0 Å². The van der Waals surface area contributed by atoms with Crippen LogP contribution >= 0.6 is 12.4 Å². The summed E-state index contributed by atoms with van der Waals surface area (Å²) in [6.07, 6.45) is 3.95. The van der Waals surface area contributed by atoms with Gasteiger partial charge in [-0.1, -0.05) is 5.16 Å². The van der Waals surface area contributed by atoms with E-state index >= 15 is 0 Å². The monoisotopic (exact) mass is 398 g/mol. The van der Waals surface area contributed by atoms with Crippen LogP contribution in [0.2, 0.25) is 0 Å². The summed E-state index contributed by atoms with van der Waals surface area (Å²) in [5.41, 5.74) is 2.18. The highest BCUT2D eigenvalue weighted by Crippen LogP contribution is 2.42. The molecule has 0 amide bonds. The highest BCUT2D eigenvalue weighted by molar-refractivity contribution is 5.87. The summed E-state index contributed by atoms with van der Waals surface area (Å²) in [6.45, 7) is 3.82. The molecule has 1 aromatic carbocycles. The molecule has 1 N–H and O–H groups in total. The Balaban J connectivity index is 0.00000210. The third kappa shape index (κ3) is 4.97. The summed E-state index contributed by atoms with van der Waals surface area (Å²) in [4.78, 5) is 5.62. The summed E-state index contributed by atoms with van der Waals surface area (Å²) in [5.74, 6) is 2.82. The van der Waals surface area contributed by atoms with E-state index in [9.17, 15) is 0 Å². The third-order valence-electron chi connectivity index (χ3n) is 5.08. The van der Waals surface area contributed by atoms with Gasteiger partial charge in [-0.25, -0.2) is 0 Å². The molecule has 27 heavy (non-hydrogen) atoms. The molecule has 8 heteroatoms. The normalized spacial score (nSPS) is 21.4. The molecule has 0 radical (unpaired) electrons. The number of hydrogen-bond acceptors (Lipinski definition) is 7. The van der Waals surface area contributed by atoms with Crippen LogP contribution < -0.4 is 19.5 Å². The molecule has 1 fully saturated rings. The predicted octanol–water partition coefficient (Wildman–Crippen LogP) is 2.55. The fourth-order valence-corrected chi connectivity index (χ4v) is 3.64. The van der Waals surface area contributed by atoms with Crippen LogP contribution in [0.5, 0.6) is 17.2 Å². The van der Waals surface area contributed by atoms with Crippen LogP contribution in [0.3, 0.4) is 0 Å². The van der Waals surface area contributed by atoms with Crippen LogP contribution in [0.1, 0.15) is 24.8 Å². The number of ether oxygens (including phenoxy) is 4. The molecule has 3 aliphatic heterocycles. The van der Waals surface area contributed by atoms with Crippen molar-refractivity contribution >= 4 is 18.1 Å². The van der Waals surface area contributed by atoms with Gasteiger partial charge in [0, 0.05) is 32.6 Å².